The molecule has 0 radical (unpaired) electrons. The van der Waals surface area contributed by atoms with Gasteiger partial charge in [0.05, 0.1) is 7.11 Å². The highest BCUT2D eigenvalue weighted by molar-refractivity contribution is 6.30. The minimum atomic E-state index is -0.650. The second kappa shape index (κ2) is 7.47. The minimum absolute atomic E-state index is 0.0298. The Kier molecular flexibility index (Phi) is 5.38. The number of carbonyl (C=O) groups excluding carboxylic acids is 2. The lowest BCUT2D eigenvalue weighted by Gasteiger charge is -2.06. The molecule has 118 valence electrons. The van der Waals surface area contributed by atoms with E-state index in [0.717, 1.165) is 5.56 Å². The summed E-state index contributed by atoms with van der Waals surface area (Å²) in [4.78, 5) is 23.2. The zero-order valence-corrected chi connectivity index (χ0v) is 13.0. The third-order valence-corrected chi connectivity index (χ3v) is 3.22. The number of esters is 1. The molecule has 0 aliphatic carbocycles. The number of carbonyl (C=O) groups is 2. The Balaban J connectivity index is 2.04. The van der Waals surface area contributed by atoms with Crippen LogP contribution in [0.3, 0.4) is 0 Å². The number of ether oxygens (including phenoxy) is 1. The monoisotopic (exact) mass is 331 g/mol. The average Bonchev–Trinajstić information content (AvgIpc) is 2.54. The summed E-state index contributed by atoms with van der Waals surface area (Å²) in [7, 11) is 1.22. The number of halogens is 1. The third kappa shape index (κ3) is 4.59. The predicted octanol–water partition coefficient (Wildman–Crippen LogP) is 3.48. The number of rotatable bonds is 4. The second-order valence-electron chi connectivity index (χ2n) is 4.60. The minimum Gasteiger partial charge on any atom is -0.507 e. The summed E-state index contributed by atoms with van der Waals surface area (Å²) in [5, 5.41) is 13.0. The zero-order chi connectivity index (χ0) is 16.8. The van der Waals surface area contributed by atoms with Crippen LogP contribution in [0.1, 0.15) is 15.9 Å². The van der Waals surface area contributed by atoms with Crippen LogP contribution in [0.2, 0.25) is 5.02 Å². The van der Waals surface area contributed by atoms with E-state index in [1.807, 2.05) is 0 Å². The first kappa shape index (κ1) is 16.6. The first-order chi connectivity index (χ1) is 11.0. The van der Waals surface area contributed by atoms with E-state index in [-0.39, 0.29) is 17.2 Å². The number of benzene rings is 2. The molecule has 0 heterocycles. The standard InChI is InChI=1S/C17H14ClNO4/c1-23-17(22)14-8-7-13(10-15(14)20)19-16(21)9-4-11-2-5-12(18)6-3-11/h2-10,20H,1H3,(H,19,21). The maximum absolute atomic E-state index is 11.8. The van der Waals surface area contributed by atoms with Crippen LogP contribution in [0.25, 0.3) is 6.08 Å². The predicted molar refractivity (Wildman–Crippen MR) is 88.6 cm³/mol. The Hall–Kier alpha value is -2.79. The van der Waals surface area contributed by atoms with Gasteiger partial charge in [0.25, 0.3) is 0 Å². The Labute approximate surface area is 138 Å². The van der Waals surface area contributed by atoms with Crippen molar-refractivity contribution in [3.63, 3.8) is 0 Å². The van der Waals surface area contributed by atoms with Crippen molar-refractivity contribution >= 4 is 35.2 Å². The quantitative estimate of drug-likeness (QED) is 0.664. The molecule has 0 aliphatic heterocycles. The van der Waals surface area contributed by atoms with Crippen molar-refractivity contribution in [3.8, 4) is 5.75 Å². The number of nitrogens with one attached hydrogen (secondary N) is 1. The number of phenols is 1. The first-order valence-electron chi connectivity index (χ1n) is 6.65. The largest absolute Gasteiger partial charge is 0.507 e. The van der Waals surface area contributed by atoms with Crippen LogP contribution in [0, 0.1) is 0 Å². The molecule has 0 saturated carbocycles. The summed E-state index contributed by atoms with van der Waals surface area (Å²) >= 11 is 5.78. The van der Waals surface area contributed by atoms with Gasteiger partial charge in [-0.1, -0.05) is 23.7 Å². The van der Waals surface area contributed by atoms with Crippen LogP contribution in [0.15, 0.2) is 48.5 Å². The zero-order valence-electron chi connectivity index (χ0n) is 12.2. The molecule has 0 spiro atoms. The molecule has 0 bridgehead atoms. The fourth-order valence-corrected chi connectivity index (χ4v) is 1.95. The molecule has 2 aromatic rings. The molecule has 2 N–H and O–H groups in total. The fourth-order valence-electron chi connectivity index (χ4n) is 1.82. The van der Waals surface area contributed by atoms with E-state index >= 15 is 0 Å². The summed E-state index contributed by atoms with van der Waals surface area (Å²) < 4.78 is 4.53. The van der Waals surface area contributed by atoms with E-state index in [0.29, 0.717) is 10.7 Å². The van der Waals surface area contributed by atoms with E-state index in [1.54, 1.807) is 30.3 Å². The van der Waals surface area contributed by atoms with Gasteiger partial charge in [0.15, 0.2) is 0 Å². The molecule has 0 unspecified atom stereocenters. The van der Waals surface area contributed by atoms with Crippen molar-refractivity contribution < 1.29 is 19.4 Å². The summed E-state index contributed by atoms with van der Waals surface area (Å²) in [6.45, 7) is 0. The molecule has 0 aromatic heterocycles. The van der Waals surface area contributed by atoms with Crippen molar-refractivity contribution in [1.82, 2.24) is 0 Å². The number of anilines is 1. The van der Waals surface area contributed by atoms with Crippen LogP contribution in [-0.2, 0) is 9.53 Å². The van der Waals surface area contributed by atoms with Crippen LogP contribution in [-0.4, -0.2) is 24.1 Å². The topological polar surface area (TPSA) is 75.6 Å². The first-order valence-corrected chi connectivity index (χ1v) is 7.03. The molecule has 1 amide bonds. The Morgan fingerprint density at radius 1 is 1.17 bits per heavy atom. The van der Waals surface area contributed by atoms with E-state index < -0.39 is 5.97 Å². The van der Waals surface area contributed by atoms with E-state index in [1.165, 1.54) is 31.4 Å². The SMILES string of the molecule is COC(=O)c1ccc(NC(=O)C=Cc2ccc(Cl)cc2)cc1O. The molecule has 2 aromatic carbocycles. The highest BCUT2D eigenvalue weighted by Gasteiger charge is 2.12. The van der Waals surface area contributed by atoms with Crippen molar-refractivity contribution in [2.24, 2.45) is 0 Å². The highest BCUT2D eigenvalue weighted by Crippen LogP contribution is 2.22. The Bertz CT molecular complexity index is 754. The van der Waals surface area contributed by atoms with Gasteiger partial charge in [0.2, 0.25) is 5.91 Å². The maximum atomic E-state index is 11.8. The van der Waals surface area contributed by atoms with Gasteiger partial charge >= 0.3 is 5.97 Å². The van der Waals surface area contributed by atoms with Crippen molar-refractivity contribution in [2.75, 3.05) is 12.4 Å². The molecule has 0 atom stereocenters. The maximum Gasteiger partial charge on any atom is 0.341 e. The van der Waals surface area contributed by atoms with Crippen LogP contribution in [0.4, 0.5) is 5.69 Å². The lowest BCUT2D eigenvalue weighted by molar-refractivity contribution is -0.111. The number of methoxy groups -OCH3 is 1. The lowest BCUT2D eigenvalue weighted by atomic mass is 10.2. The number of aromatic hydroxyl groups is 1. The van der Waals surface area contributed by atoms with Gasteiger partial charge in [-0.25, -0.2) is 4.79 Å². The Morgan fingerprint density at radius 2 is 1.87 bits per heavy atom. The van der Waals surface area contributed by atoms with Crippen LogP contribution in [0.5, 0.6) is 5.75 Å². The van der Waals surface area contributed by atoms with Crippen LogP contribution >= 0.6 is 11.6 Å². The van der Waals surface area contributed by atoms with Gasteiger partial charge in [-0.3, -0.25) is 4.79 Å². The van der Waals surface area contributed by atoms with Gasteiger partial charge in [0.1, 0.15) is 11.3 Å². The molecule has 2 rings (SSSR count). The third-order valence-electron chi connectivity index (χ3n) is 2.97. The van der Waals surface area contributed by atoms with Gasteiger partial charge < -0.3 is 15.2 Å². The molecular weight excluding hydrogens is 318 g/mol. The number of hydrogen-bond acceptors (Lipinski definition) is 4. The average molecular weight is 332 g/mol. The molecular formula is C17H14ClNO4. The van der Waals surface area contributed by atoms with Gasteiger partial charge in [0, 0.05) is 22.9 Å². The summed E-state index contributed by atoms with van der Waals surface area (Å²) in [5.41, 5.74) is 1.22. The highest BCUT2D eigenvalue weighted by atomic mass is 35.5. The van der Waals surface area contributed by atoms with Gasteiger partial charge in [-0.2, -0.15) is 0 Å². The molecule has 5 nitrogen and oxygen atoms in total. The molecule has 0 saturated heterocycles. The molecule has 0 aliphatic rings. The van der Waals surface area contributed by atoms with Crippen molar-refractivity contribution in [1.29, 1.82) is 0 Å². The van der Waals surface area contributed by atoms with Crippen LogP contribution < -0.4 is 5.32 Å². The molecule has 23 heavy (non-hydrogen) atoms. The fraction of sp³-hybridized carbons (Fsp3) is 0.0588. The van der Waals surface area contributed by atoms with Crippen molar-refractivity contribution in [3.05, 3.63) is 64.7 Å². The molecule has 6 heteroatoms. The normalized spacial score (nSPS) is 10.5. The lowest BCUT2D eigenvalue weighted by Crippen LogP contribution is -2.08. The second-order valence-corrected chi connectivity index (χ2v) is 5.03. The van der Waals surface area contributed by atoms with E-state index in [9.17, 15) is 14.7 Å². The summed E-state index contributed by atoms with van der Waals surface area (Å²) in [6, 6.07) is 11.2. The summed E-state index contributed by atoms with van der Waals surface area (Å²) in [6.07, 6.45) is 2.99. The van der Waals surface area contributed by atoms with Crippen molar-refractivity contribution in [2.45, 2.75) is 0 Å². The molecule has 0 fully saturated rings. The van der Waals surface area contributed by atoms with Gasteiger partial charge in [-0.05, 0) is 35.9 Å². The smallest absolute Gasteiger partial charge is 0.341 e. The Morgan fingerprint density at radius 3 is 2.48 bits per heavy atom. The van der Waals surface area contributed by atoms with Gasteiger partial charge in [-0.15, -0.1) is 0 Å². The number of amides is 1. The van der Waals surface area contributed by atoms with E-state index in [4.69, 9.17) is 11.6 Å². The number of phenolic OH excluding ortho intramolecular Hbond substituents is 1. The van der Waals surface area contributed by atoms with E-state index in [2.05, 4.69) is 10.1 Å². The summed E-state index contributed by atoms with van der Waals surface area (Å²) in [5.74, 6) is -1.29. The number of hydrogen-bond donors (Lipinski definition) is 2.